The van der Waals surface area contributed by atoms with E-state index >= 15 is 0 Å². The smallest absolute Gasteiger partial charge is 0.0233 e. The van der Waals surface area contributed by atoms with Crippen LogP contribution in [-0.4, -0.2) is 68.1 Å². The Morgan fingerprint density at radius 1 is 0.889 bits per heavy atom. The molecule has 0 saturated carbocycles. The van der Waals surface area contributed by atoms with Crippen LogP contribution in [0.15, 0.2) is 48.5 Å². The third kappa shape index (κ3) is 5.65. The van der Waals surface area contributed by atoms with Crippen LogP contribution in [-0.2, 0) is 6.54 Å². The van der Waals surface area contributed by atoms with Crippen molar-refractivity contribution in [2.45, 2.75) is 32.4 Å². The Bertz CT molecular complexity index is 700. The molecular formula is C24H35N3. The van der Waals surface area contributed by atoms with Crippen LogP contribution >= 0.6 is 0 Å². The zero-order valence-electron chi connectivity index (χ0n) is 17.5. The van der Waals surface area contributed by atoms with Gasteiger partial charge in [0.1, 0.15) is 0 Å². The van der Waals surface area contributed by atoms with Crippen molar-refractivity contribution in [3.63, 3.8) is 0 Å². The summed E-state index contributed by atoms with van der Waals surface area (Å²) in [4.78, 5) is 7.43. The molecule has 0 amide bonds. The van der Waals surface area contributed by atoms with Gasteiger partial charge in [0, 0.05) is 25.7 Å². The summed E-state index contributed by atoms with van der Waals surface area (Å²) in [7, 11) is 6.59. The van der Waals surface area contributed by atoms with Crippen molar-refractivity contribution >= 4 is 0 Å². The second-order valence-electron chi connectivity index (χ2n) is 8.30. The monoisotopic (exact) mass is 365 g/mol. The lowest BCUT2D eigenvalue weighted by Gasteiger charge is -2.37. The molecule has 0 aromatic heterocycles. The predicted molar refractivity (Wildman–Crippen MR) is 116 cm³/mol. The van der Waals surface area contributed by atoms with E-state index in [1.807, 2.05) is 0 Å². The number of hydrogen-bond donors (Lipinski definition) is 0. The van der Waals surface area contributed by atoms with Crippen molar-refractivity contribution < 1.29 is 0 Å². The third-order valence-electron chi connectivity index (χ3n) is 5.90. The van der Waals surface area contributed by atoms with E-state index in [0.29, 0.717) is 0 Å². The van der Waals surface area contributed by atoms with Gasteiger partial charge in [-0.2, -0.15) is 0 Å². The number of likely N-dealkylation sites (tertiary alicyclic amines) is 1. The van der Waals surface area contributed by atoms with Gasteiger partial charge >= 0.3 is 0 Å². The molecule has 2 aromatic rings. The highest BCUT2D eigenvalue weighted by atomic mass is 15.2. The third-order valence-corrected chi connectivity index (χ3v) is 5.90. The van der Waals surface area contributed by atoms with Gasteiger partial charge < -0.3 is 9.80 Å². The molecule has 0 unspecified atom stereocenters. The van der Waals surface area contributed by atoms with Crippen molar-refractivity contribution in [2.24, 2.45) is 0 Å². The van der Waals surface area contributed by atoms with Gasteiger partial charge in [-0.15, -0.1) is 0 Å². The molecule has 1 saturated heterocycles. The van der Waals surface area contributed by atoms with Gasteiger partial charge in [-0.05, 0) is 76.3 Å². The predicted octanol–water partition coefficient (Wildman–Crippen LogP) is 4.12. The SMILES string of the molecule is Cc1ccccc1-c1ccc(CN2CCC(N(C)CCN(C)C)CC2)cc1. The molecule has 0 spiro atoms. The first-order chi connectivity index (χ1) is 13.0. The van der Waals surface area contributed by atoms with Crippen LogP contribution in [0, 0.1) is 6.92 Å². The van der Waals surface area contributed by atoms with E-state index in [0.717, 1.165) is 25.7 Å². The van der Waals surface area contributed by atoms with Crippen LogP contribution in [0.25, 0.3) is 11.1 Å². The second-order valence-corrected chi connectivity index (χ2v) is 8.30. The standard InChI is InChI=1S/C24H35N3/c1-20-7-5-6-8-24(20)22-11-9-21(10-12-22)19-27-15-13-23(14-16-27)26(4)18-17-25(2)3/h5-12,23H,13-19H2,1-4H3. The Labute approximate surface area is 165 Å². The molecule has 1 aliphatic heterocycles. The molecule has 1 fully saturated rings. The maximum absolute atomic E-state index is 2.61. The van der Waals surface area contributed by atoms with Crippen LogP contribution < -0.4 is 0 Å². The van der Waals surface area contributed by atoms with Crippen LogP contribution in [0.1, 0.15) is 24.0 Å². The summed E-state index contributed by atoms with van der Waals surface area (Å²) in [6, 6.07) is 18.5. The fourth-order valence-electron chi connectivity index (χ4n) is 4.00. The number of aryl methyl sites for hydroxylation is 1. The Balaban J connectivity index is 1.50. The van der Waals surface area contributed by atoms with Crippen LogP contribution in [0.3, 0.4) is 0 Å². The maximum Gasteiger partial charge on any atom is 0.0233 e. The van der Waals surface area contributed by atoms with Crippen molar-refractivity contribution in [1.29, 1.82) is 0 Å². The molecule has 146 valence electrons. The quantitative estimate of drug-likeness (QED) is 0.731. The highest BCUT2D eigenvalue weighted by Gasteiger charge is 2.22. The number of likely N-dealkylation sites (N-methyl/N-ethyl adjacent to an activating group) is 2. The lowest BCUT2D eigenvalue weighted by atomic mass is 9.99. The van der Waals surface area contributed by atoms with Gasteiger partial charge in [-0.1, -0.05) is 48.5 Å². The van der Waals surface area contributed by atoms with Crippen molar-refractivity contribution in [3.05, 3.63) is 59.7 Å². The van der Waals surface area contributed by atoms with Crippen LogP contribution in [0.5, 0.6) is 0 Å². The number of benzene rings is 2. The average molecular weight is 366 g/mol. The molecule has 27 heavy (non-hydrogen) atoms. The Hall–Kier alpha value is -1.68. The van der Waals surface area contributed by atoms with E-state index in [2.05, 4.69) is 91.3 Å². The van der Waals surface area contributed by atoms with Gasteiger partial charge in [0.25, 0.3) is 0 Å². The molecule has 1 heterocycles. The topological polar surface area (TPSA) is 9.72 Å². The Morgan fingerprint density at radius 2 is 1.56 bits per heavy atom. The molecule has 2 aromatic carbocycles. The van der Waals surface area contributed by atoms with E-state index < -0.39 is 0 Å². The molecule has 0 bridgehead atoms. The van der Waals surface area contributed by atoms with E-state index in [4.69, 9.17) is 0 Å². The first kappa shape index (κ1) is 20.1. The first-order valence-electron chi connectivity index (χ1n) is 10.2. The minimum Gasteiger partial charge on any atom is -0.308 e. The van der Waals surface area contributed by atoms with Gasteiger partial charge in [-0.3, -0.25) is 4.90 Å². The summed E-state index contributed by atoms with van der Waals surface area (Å²) in [6.45, 7) is 7.97. The number of nitrogens with zero attached hydrogens (tertiary/aromatic N) is 3. The number of hydrogen-bond acceptors (Lipinski definition) is 3. The minimum atomic E-state index is 0.740. The van der Waals surface area contributed by atoms with Crippen LogP contribution in [0.2, 0.25) is 0 Å². The number of rotatable bonds is 7. The zero-order chi connectivity index (χ0) is 19.2. The maximum atomic E-state index is 2.61. The van der Waals surface area contributed by atoms with E-state index in [1.54, 1.807) is 0 Å². The summed E-state index contributed by atoms with van der Waals surface area (Å²) in [5, 5.41) is 0. The Kier molecular flexibility index (Phi) is 7.06. The molecule has 0 N–H and O–H groups in total. The molecule has 0 atom stereocenters. The van der Waals surface area contributed by atoms with Gasteiger partial charge in [-0.25, -0.2) is 0 Å². The minimum absolute atomic E-state index is 0.740. The normalized spacial score (nSPS) is 16.4. The van der Waals surface area contributed by atoms with E-state index in [-0.39, 0.29) is 0 Å². The van der Waals surface area contributed by atoms with Gasteiger partial charge in [0.05, 0.1) is 0 Å². The van der Waals surface area contributed by atoms with Gasteiger partial charge in [0.15, 0.2) is 0 Å². The van der Waals surface area contributed by atoms with Crippen molar-refractivity contribution in [1.82, 2.24) is 14.7 Å². The second kappa shape index (κ2) is 9.50. The molecular weight excluding hydrogens is 330 g/mol. The molecule has 3 nitrogen and oxygen atoms in total. The largest absolute Gasteiger partial charge is 0.308 e. The lowest BCUT2D eigenvalue weighted by molar-refractivity contribution is 0.118. The fraction of sp³-hybridized carbons (Fsp3) is 0.500. The Morgan fingerprint density at radius 3 is 2.19 bits per heavy atom. The molecule has 0 radical (unpaired) electrons. The van der Waals surface area contributed by atoms with Gasteiger partial charge in [0.2, 0.25) is 0 Å². The van der Waals surface area contributed by atoms with Crippen molar-refractivity contribution in [3.8, 4) is 11.1 Å². The fourth-order valence-corrected chi connectivity index (χ4v) is 4.00. The van der Waals surface area contributed by atoms with Crippen LogP contribution in [0.4, 0.5) is 0 Å². The first-order valence-corrected chi connectivity index (χ1v) is 10.2. The molecule has 0 aliphatic carbocycles. The summed E-state index contributed by atoms with van der Waals surface area (Å²) in [5.74, 6) is 0. The highest BCUT2D eigenvalue weighted by Crippen LogP contribution is 2.24. The lowest BCUT2D eigenvalue weighted by Crippen LogP contribution is -2.44. The summed E-state index contributed by atoms with van der Waals surface area (Å²) in [6.07, 6.45) is 2.57. The zero-order valence-corrected chi connectivity index (χ0v) is 17.5. The average Bonchev–Trinajstić information content (AvgIpc) is 2.68. The summed E-state index contributed by atoms with van der Waals surface area (Å²) < 4.78 is 0. The highest BCUT2D eigenvalue weighted by molar-refractivity contribution is 5.67. The molecule has 3 rings (SSSR count). The summed E-state index contributed by atoms with van der Waals surface area (Å²) in [5.41, 5.74) is 5.42. The molecule has 1 aliphatic rings. The summed E-state index contributed by atoms with van der Waals surface area (Å²) >= 11 is 0. The van der Waals surface area contributed by atoms with Crippen molar-refractivity contribution in [2.75, 3.05) is 47.3 Å². The van der Waals surface area contributed by atoms with E-state index in [1.165, 1.54) is 48.2 Å². The number of piperidine rings is 1. The molecule has 3 heteroatoms. The van der Waals surface area contributed by atoms with E-state index in [9.17, 15) is 0 Å².